The molecule has 0 fully saturated rings. The summed E-state index contributed by atoms with van der Waals surface area (Å²) in [5.74, 6) is -2.41. The van der Waals surface area contributed by atoms with E-state index in [0.717, 1.165) is 12.1 Å². The van der Waals surface area contributed by atoms with E-state index in [0.29, 0.717) is 0 Å². The maximum atomic E-state index is 12.3. The summed E-state index contributed by atoms with van der Waals surface area (Å²) in [5, 5.41) is 48.2. The summed E-state index contributed by atoms with van der Waals surface area (Å²) in [5.41, 5.74) is -0.181. The molecule has 0 saturated heterocycles. The normalized spacial score (nSPS) is 22.0. The summed E-state index contributed by atoms with van der Waals surface area (Å²) in [4.78, 5) is 12.3. The lowest BCUT2D eigenvalue weighted by molar-refractivity contribution is -0.134. The highest BCUT2D eigenvalue weighted by Gasteiger charge is 2.40. The number of phenols is 2. The molecule has 7 nitrogen and oxygen atoms in total. The molecule has 0 amide bonds. The van der Waals surface area contributed by atoms with Crippen LogP contribution in [0, 0.1) is 0 Å². The standard InChI is InChI=1S/C16H16O7/c1-7(17)5-12(20)13-8(2)23-16(15(22)14(13)21)10-4-3-9(18)6-11(10)19/h3-6,15-20,22H,1H2,2H3/b12-5+. The number of phenolic OH excluding ortho intramolecular Hbond substituents is 2. The molecule has 1 aliphatic rings. The lowest BCUT2D eigenvalue weighted by atomic mass is 9.92. The largest absolute Gasteiger partial charge is 0.508 e. The Morgan fingerprint density at radius 3 is 2.52 bits per heavy atom. The number of rotatable bonds is 3. The monoisotopic (exact) mass is 320 g/mol. The second kappa shape index (κ2) is 6.05. The van der Waals surface area contributed by atoms with Gasteiger partial charge in [0.05, 0.1) is 5.57 Å². The fourth-order valence-electron chi connectivity index (χ4n) is 2.32. The maximum Gasteiger partial charge on any atom is 0.202 e. The van der Waals surface area contributed by atoms with Crippen LogP contribution in [0.15, 0.2) is 53.7 Å². The maximum absolute atomic E-state index is 12.3. The van der Waals surface area contributed by atoms with Crippen molar-refractivity contribution in [1.82, 2.24) is 0 Å². The summed E-state index contributed by atoms with van der Waals surface area (Å²) < 4.78 is 5.45. The Labute approximate surface area is 131 Å². The highest BCUT2D eigenvalue weighted by Crippen LogP contribution is 2.38. The Morgan fingerprint density at radius 2 is 1.96 bits per heavy atom. The zero-order chi connectivity index (χ0) is 17.3. The van der Waals surface area contributed by atoms with Gasteiger partial charge in [0, 0.05) is 17.7 Å². The molecule has 0 bridgehead atoms. The fourth-order valence-corrected chi connectivity index (χ4v) is 2.32. The van der Waals surface area contributed by atoms with Gasteiger partial charge in [-0.1, -0.05) is 6.58 Å². The number of aliphatic hydroxyl groups excluding tert-OH is 3. The van der Waals surface area contributed by atoms with Crippen molar-refractivity contribution in [3.8, 4) is 11.5 Å². The first-order chi connectivity index (χ1) is 10.7. The van der Waals surface area contributed by atoms with E-state index in [9.17, 15) is 25.2 Å². The fraction of sp³-hybridized carbons (Fsp3) is 0.188. The predicted molar refractivity (Wildman–Crippen MR) is 79.8 cm³/mol. The van der Waals surface area contributed by atoms with Crippen molar-refractivity contribution in [1.29, 1.82) is 0 Å². The molecule has 2 atom stereocenters. The second-order valence-electron chi connectivity index (χ2n) is 5.04. The number of ketones is 1. The summed E-state index contributed by atoms with van der Waals surface area (Å²) in [7, 11) is 0. The van der Waals surface area contributed by atoms with Gasteiger partial charge in [-0.2, -0.15) is 0 Å². The van der Waals surface area contributed by atoms with Crippen LogP contribution < -0.4 is 0 Å². The first-order valence-corrected chi connectivity index (χ1v) is 6.63. The molecule has 1 aromatic rings. The number of carbonyl (C=O) groups excluding carboxylic acids is 1. The first kappa shape index (κ1) is 16.4. The molecule has 2 rings (SSSR count). The van der Waals surface area contributed by atoms with Crippen LogP contribution in [-0.4, -0.2) is 37.4 Å². The van der Waals surface area contributed by atoms with Gasteiger partial charge in [-0.25, -0.2) is 0 Å². The van der Waals surface area contributed by atoms with Crippen LogP contribution in [0.3, 0.4) is 0 Å². The van der Waals surface area contributed by atoms with E-state index in [1.54, 1.807) is 0 Å². The van der Waals surface area contributed by atoms with Crippen LogP contribution in [0.2, 0.25) is 0 Å². The van der Waals surface area contributed by atoms with E-state index in [1.165, 1.54) is 19.1 Å². The Balaban J connectivity index is 2.45. The Bertz CT molecular complexity index is 730. The van der Waals surface area contributed by atoms with Crippen molar-refractivity contribution < 1.29 is 35.1 Å². The molecule has 0 radical (unpaired) electrons. The van der Waals surface area contributed by atoms with Gasteiger partial charge in [-0.15, -0.1) is 0 Å². The quantitative estimate of drug-likeness (QED) is 0.425. The molecule has 0 aliphatic carbocycles. The van der Waals surface area contributed by atoms with Crippen LogP contribution in [-0.2, 0) is 9.53 Å². The lowest BCUT2D eigenvalue weighted by Gasteiger charge is -2.30. The van der Waals surface area contributed by atoms with Crippen LogP contribution in [0.4, 0.5) is 0 Å². The summed E-state index contributed by atoms with van der Waals surface area (Å²) >= 11 is 0. The van der Waals surface area contributed by atoms with Gasteiger partial charge < -0.3 is 30.3 Å². The molecule has 2 unspecified atom stereocenters. The molecule has 1 aromatic carbocycles. The zero-order valence-corrected chi connectivity index (χ0v) is 12.2. The topological polar surface area (TPSA) is 127 Å². The van der Waals surface area contributed by atoms with Crippen LogP contribution >= 0.6 is 0 Å². The average molecular weight is 320 g/mol. The third kappa shape index (κ3) is 3.14. The van der Waals surface area contributed by atoms with Crippen molar-refractivity contribution in [2.24, 2.45) is 0 Å². The van der Waals surface area contributed by atoms with Gasteiger partial charge in [0.1, 0.15) is 28.8 Å². The van der Waals surface area contributed by atoms with Crippen molar-refractivity contribution in [2.45, 2.75) is 19.1 Å². The molecule has 5 N–H and O–H groups in total. The number of hydrogen-bond donors (Lipinski definition) is 5. The second-order valence-corrected chi connectivity index (χ2v) is 5.04. The van der Waals surface area contributed by atoms with E-state index < -0.39 is 29.5 Å². The minimum absolute atomic E-state index is 0.00720. The van der Waals surface area contributed by atoms with Crippen molar-refractivity contribution in [2.75, 3.05) is 0 Å². The first-order valence-electron chi connectivity index (χ1n) is 6.63. The van der Waals surface area contributed by atoms with Gasteiger partial charge in [-0.05, 0) is 19.1 Å². The molecule has 23 heavy (non-hydrogen) atoms. The number of hydrogen-bond acceptors (Lipinski definition) is 7. The highest BCUT2D eigenvalue weighted by atomic mass is 16.5. The number of allylic oxidation sites excluding steroid dienone is 3. The summed E-state index contributed by atoms with van der Waals surface area (Å²) in [6.45, 7) is 4.56. The van der Waals surface area contributed by atoms with Crippen LogP contribution in [0.1, 0.15) is 18.6 Å². The summed E-state index contributed by atoms with van der Waals surface area (Å²) in [6.07, 6.45) is -2.03. The SMILES string of the molecule is C=C(O)/C=C(/O)C1=C(C)OC(c2ccc(O)cc2O)C(O)C1=O. The molecule has 1 aliphatic heterocycles. The number of aliphatic hydroxyl groups is 3. The van der Waals surface area contributed by atoms with E-state index in [1.807, 2.05) is 0 Å². The molecule has 7 heteroatoms. The highest BCUT2D eigenvalue weighted by molar-refractivity contribution is 6.03. The van der Waals surface area contributed by atoms with Crippen molar-refractivity contribution in [3.05, 3.63) is 59.3 Å². The molecule has 0 aromatic heterocycles. The van der Waals surface area contributed by atoms with Gasteiger partial charge in [0.2, 0.25) is 5.78 Å². The third-order valence-electron chi connectivity index (χ3n) is 3.34. The van der Waals surface area contributed by atoms with Gasteiger partial charge in [0.25, 0.3) is 0 Å². The molecule has 1 heterocycles. The number of benzene rings is 1. The van der Waals surface area contributed by atoms with Crippen molar-refractivity contribution in [3.63, 3.8) is 0 Å². The number of carbonyl (C=O) groups is 1. The number of Topliss-reactive ketones (excluding diaryl/α,β-unsaturated/α-hetero) is 1. The summed E-state index contributed by atoms with van der Waals surface area (Å²) in [6, 6.07) is 3.64. The predicted octanol–water partition coefficient (Wildman–Crippen LogP) is 1.89. The van der Waals surface area contributed by atoms with E-state index >= 15 is 0 Å². The minimum Gasteiger partial charge on any atom is -0.508 e. The van der Waals surface area contributed by atoms with E-state index in [2.05, 4.69) is 6.58 Å². The van der Waals surface area contributed by atoms with Gasteiger partial charge >= 0.3 is 0 Å². The van der Waals surface area contributed by atoms with Crippen LogP contribution in [0.5, 0.6) is 11.5 Å². The number of aromatic hydroxyl groups is 2. The average Bonchev–Trinajstić information content (AvgIpc) is 2.42. The van der Waals surface area contributed by atoms with Crippen LogP contribution in [0.25, 0.3) is 0 Å². The molecular weight excluding hydrogens is 304 g/mol. The van der Waals surface area contributed by atoms with Crippen molar-refractivity contribution >= 4 is 5.78 Å². The Hall–Kier alpha value is -2.93. The molecule has 122 valence electrons. The molecule has 0 spiro atoms. The lowest BCUT2D eigenvalue weighted by Crippen LogP contribution is -2.36. The van der Waals surface area contributed by atoms with E-state index in [4.69, 9.17) is 9.84 Å². The number of ether oxygens (including phenoxy) is 1. The molecule has 0 saturated carbocycles. The van der Waals surface area contributed by atoms with Gasteiger partial charge in [-0.3, -0.25) is 4.79 Å². The van der Waals surface area contributed by atoms with Gasteiger partial charge in [0.15, 0.2) is 12.2 Å². The van der Waals surface area contributed by atoms with E-state index in [-0.39, 0.29) is 28.4 Å². The minimum atomic E-state index is -1.69. The Kier molecular flexibility index (Phi) is 4.33. The Morgan fingerprint density at radius 1 is 1.30 bits per heavy atom. The zero-order valence-electron chi connectivity index (χ0n) is 12.2. The third-order valence-corrected chi connectivity index (χ3v) is 3.34. The smallest absolute Gasteiger partial charge is 0.202 e. The molecular formula is C16H16O7.